The molecule has 0 bridgehead atoms. The lowest BCUT2D eigenvalue weighted by Crippen LogP contribution is -2.31. The van der Waals surface area contributed by atoms with Crippen molar-refractivity contribution in [2.75, 3.05) is 36.0 Å². The number of fused-ring (bicyclic) bond motifs is 7. The molecule has 16 heteroatoms. The highest BCUT2D eigenvalue weighted by Crippen LogP contribution is 2.63. The van der Waals surface area contributed by atoms with Crippen molar-refractivity contribution in [3.05, 3.63) is 59.9 Å². The van der Waals surface area contributed by atoms with Gasteiger partial charge in [-0.3, -0.25) is 9.97 Å². The Morgan fingerprint density at radius 3 is 1.16 bits per heavy atom. The fourth-order valence-corrected chi connectivity index (χ4v) is 20.9. The molecule has 2 unspecified atom stereocenters. The molecular formula is C63H78N8S8. The molecule has 0 fully saturated rings. The van der Waals surface area contributed by atoms with Gasteiger partial charge in [0, 0.05) is 93.4 Å². The lowest BCUT2D eigenvalue weighted by molar-refractivity contribution is 0.266. The molecule has 8 nitrogen and oxygen atoms in total. The van der Waals surface area contributed by atoms with Crippen molar-refractivity contribution in [2.24, 2.45) is 11.8 Å². The van der Waals surface area contributed by atoms with E-state index >= 15 is 0 Å². The third-order valence-corrected chi connectivity index (χ3v) is 25.1. The van der Waals surface area contributed by atoms with Gasteiger partial charge in [-0.15, -0.1) is 68.0 Å². The normalized spacial score (nSPS) is 13.9. The third-order valence-electron chi connectivity index (χ3n) is 16.8. The summed E-state index contributed by atoms with van der Waals surface area (Å²) in [6.07, 6.45) is 26.2. The first-order valence-corrected chi connectivity index (χ1v) is 36.2. The van der Waals surface area contributed by atoms with Crippen LogP contribution >= 0.6 is 91.5 Å². The lowest BCUT2D eigenvalue weighted by Gasteiger charge is -2.37. The number of rotatable bonds is 30. The van der Waals surface area contributed by atoms with Gasteiger partial charge in [0.05, 0.1) is 43.2 Å². The number of aromatic nitrogens is 6. The third kappa shape index (κ3) is 11.4. The smallest absolute Gasteiger partial charge is 0.132 e. The molecule has 0 saturated heterocycles. The molecular weight excluding hydrogens is 1130 g/mol. The molecule has 0 amide bonds. The van der Waals surface area contributed by atoms with Crippen molar-refractivity contribution in [1.82, 2.24) is 27.5 Å². The van der Waals surface area contributed by atoms with Gasteiger partial charge >= 0.3 is 0 Å². The molecule has 0 aliphatic heterocycles. The van der Waals surface area contributed by atoms with E-state index in [1.165, 1.54) is 195 Å². The van der Waals surface area contributed by atoms with Crippen LogP contribution in [0.4, 0.5) is 10.0 Å². The van der Waals surface area contributed by atoms with Gasteiger partial charge in [0.15, 0.2) is 0 Å². The number of nitrogens with zero attached hydrogens (tertiary/aromatic N) is 8. The fraction of sp³-hybridized carbons (Fsp3) is 0.524. The maximum absolute atomic E-state index is 5.33. The van der Waals surface area contributed by atoms with Crippen LogP contribution in [0.3, 0.4) is 0 Å². The van der Waals surface area contributed by atoms with Crippen LogP contribution < -0.4 is 9.80 Å². The molecule has 0 saturated carbocycles. The van der Waals surface area contributed by atoms with Crippen LogP contribution in [0.2, 0.25) is 0 Å². The van der Waals surface area contributed by atoms with Crippen LogP contribution in [-0.4, -0.2) is 53.6 Å². The molecule has 11 rings (SSSR count). The van der Waals surface area contributed by atoms with E-state index in [2.05, 4.69) is 114 Å². The topological polar surface area (TPSA) is 83.8 Å². The first-order valence-electron chi connectivity index (χ1n) is 29.9. The molecule has 79 heavy (non-hydrogen) atoms. The van der Waals surface area contributed by atoms with Gasteiger partial charge in [0.25, 0.3) is 0 Å². The summed E-state index contributed by atoms with van der Waals surface area (Å²) in [4.78, 5) is 23.6. The van der Waals surface area contributed by atoms with E-state index < -0.39 is 0 Å². The van der Waals surface area contributed by atoms with E-state index in [0.717, 1.165) is 83.6 Å². The molecule has 10 aromatic rings. The van der Waals surface area contributed by atoms with Gasteiger partial charge in [-0.2, -0.15) is 17.5 Å². The second-order valence-electron chi connectivity index (χ2n) is 22.2. The largest absolute Gasteiger partial charge is 0.363 e. The average molecular weight is 1200 g/mol. The van der Waals surface area contributed by atoms with Crippen LogP contribution in [-0.2, 0) is 5.41 Å². The van der Waals surface area contributed by atoms with Gasteiger partial charge in [0.2, 0.25) is 0 Å². The Labute approximate surface area is 501 Å². The van der Waals surface area contributed by atoms with E-state index in [1.54, 1.807) is 0 Å². The van der Waals surface area contributed by atoms with Crippen LogP contribution in [0.5, 0.6) is 0 Å². The Kier molecular flexibility index (Phi) is 18.7. The zero-order chi connectivity index (χ0) is 54.6. The summed E-state index contributed by atoms with van der Waals surface area (Å²) >= 11 is 14.1. The average Bonchev–Trinajstić information content (AvgIpc) is 4.51. The number of unbranched alkanes of at least 4 members (excludes halogenated alkanes) is 6. The van der Waals surface area contributed by atoms with Gasteiger partial charge in [-0.25, -0.2) is 0 Å². The summed E-state index contributed by atoms with van der Waals surface area (Å²) in [5.41, 5.74) is 10.8. The Morgan fingerprint density at radius 1 is 0.418 bits per heavy atom. The molecule has 1 aliphatic carbocycles. The zero-order valence-corrected chi connectivity index (χ0v) is 54.2. The summed E-state index contributed by atoms with van der Waals surface area (Å²) < 4.78 is 25.5. The summed E-state index contributed by atoms with van der Waals surface area (Å²) in [5.74, 6) is 1.25. The molecule has 0 N–H and O–H groups in total. The van der Waals surface area contributed by atoms with Crippen LogP contribution in [0.15, 0.2) is 48.8 Å². The van der Waals surface area contributed by atoms with E-state index in [4.69, 9.17) is 27.5 Å². The first-order chi connectivity index (χ1) is 38.8. The maximum Gasteiger partial charge on any atom is 0.132 e. The maximum atomic E-state index is 5.33. The van der Waals surface area contributed by atoms with Gasteiger partial charge in [-0.1, -0.05) is 132 Å². The second kappa shape index (κ2) is 25.8. The Morgan fingerprint density at radius 2 is 0.797 bits per heavy atom. The Bertz CT molecular complexity index is 3300. The summed E-state index contributed by atoms with van der Waals surface area (Å²) in [7, 11) is 0. The van der Waals surface area contributed by atoms with E-state index in [9.17, 15) is 0 Å². The molecule has 1 aliphatic rings. The molecule has 10 aromatic heterocycles. The van der Waals surface area contributed by atoms with Crippen molar-refractivity contribution < 1.29 is 0 Å². The minimum absolute atomic E-state index is 0.120. The number of anilines is 2. The quantitative estimate of drug-likeness (QED) is 0.0440. The zero-order valence-electron chi connectivity index (χ0n) is 47.7. The highest BCUT2D eigenvalue weighted by atomic mass is 32.1. The SMILES string of the molecule is CCCCC(CC)CC1(CC(CC)CCCC)c2cc(-c3cnc(-c4cc5sc(N(CCCC)CCCC)cc5s4)c4nsnc34)sc2-c2sc(-c3cnc(-c4cc5sc(N(CCCC)CCCC)cc5s4)c4nsnc34)cc21. The number of pyridine rings is 2. The summed E-state index contributed by atoms with van der Waals surface area (Å²) in [6.45, 7) is 23.2. The van der Waals surface area contributed by atoms with E-state index in [0.29, 0.717) is 11.8 Å². The van der Waals surface area contributed by atoms with Crippen LogP contribution in [0.25, 0.3) is 92.6 Å². The van der Waals surface area contributed by atoms with Crippen molar-refractivity contribution in [3.63, 3.8) is 0 Å². The summed E-state index contributed by atoms with van der Waals surface area (Å²) in [5, 5.41) is 2.79. The molecule has 0 radical (unpaired) electrons. The van der Waals surface area contributed by atoms with E-state index in [-0.39, 0.29) is 5.41 Å². The first kappa shape index (κ1) is 57.1. The molecule has 0 aromatic carbocycles. The second-order valence-corrected chi connectivity index (χ2v) is 29.7. The van der Waals surface area contributed by atoms with Crippen molar-refractivity contribution in [1.29, 1.82) is 0 Å². The van der Waals surface area contributed by atoms with Crippen molar-refractivity contribution in [3.8, 4) is 51.8 Å². The fourth-order valence-electron chi connectivity index (χ4n) is 12.2. The standard InChI is InChI=1S/C63H78N8S8/c1-9-17-23-39(15-7)35-63(36-40(16-8)24-18-10-2)43-29-45(41-37-64-57(59-55(41)66-78-68-59)51-31-47-49(72-51)33-53(74-47)70(25-19-11-3)26-20-12-4)76-61(43)62-44(63)30-46(77-62)42-38-65-58(60-56(42)67-79-69-60)52-32-48-50(73-52)34-54(75-48)71(27-21-13-5)28-22-14-6/h29-34,37-40H,9-28,35-36H2,1-8H3. The van der Waals surface area contributed by atoms with Gasteiger partial charge < -0.3 is 9.80 Å². The minimum atomic E-state index is -0.120. The lowest BCUT2D eigenvalue weighted by atomic mass is 9.65. The number of hydrogen-bond donors (Lipinski definition) is 0. The number of thiophene rings is 6. The minimum Gasteiger partial charge on any atom is -0.363 e. The van der Waals surface area contributed by atoms with Crippen molar-refractivity contribution >= 4 is 142 Å². The van der Waals surface area contributed by atoms with Crippen LogP contribution in [0, 0.1) is 11.8 Å². The summed E-state index contributed by atoms with van der Waals surface area (Å²) in [6, 6.07) is 14.7. The van der Waals surface area contributed by atoms with Gasteiger partial charge in [0.1, 0.15) is 33.5 Å². The van der Waals surface area contributed by atoms with E-state index in [1.807, 2.05) is 68.0 Å². The highest BCUT2D eigenvalue weighted by molar-refractivity contribution is 7.32. The number of hydrogen-bond acceptors (Lipinski definition) is 16. The predicted octanol–water partition coefficient (Wildman–Crippen LogP) is 22.1. The van der Waals surface area contributed by atoms with Crippen molar-refractivity contribution in [2.45, 2.75) is 176 Å². The molecule has 418 valence electrons. The monoisotopic (exact) mass is 1200 g/mol. The molecule has 10 heterocycles. The van der Waals surface area contributed by atoms with Gasteiger partial charge in [-0.05, 0) is 97.9 Å². The van der Waals surface area contributed by atoms with Crippen LogP contribution in [0.1, 0.15) is 182 Å². The molecule has 2 atom stereocenters. The predicted molar refractivity (Wildman–Crippen MR) is 354 cm³/mol. The Balaban J connectivity index is 0.986. The Hall–Kier alpha value is -3.74. The molecule has 0 spiro atoms. The highest BCUT2D eigenvalue weighted by Gasteiger charge is 2.48.